The number of nitrogens with two attached hydrogens (primary N) is 1. The minimum absolute atomic E-state index is 0.376. The molecule has 0 amide bonds. The predicted molar refractivity (Wildman–Crippen MR) is 36.2 cm³/mol. The molecular formula is C6H3F3N4. The standard InChI is InChI=1S/C6H3F3N4/c7-6(8,9)5-12-3(2-10)1-4(11)13-5/h1H,(H2,11,12,13). The molecule has 4 nitrogen and oxygen atoms in total. The molecule has 0 fully saturated rings. The van der Waals surface area contributed by atoms with Gasteiger partial charge in [0, 0.05) is 6.07 Å². The average Bonchev–Trinajstić information content (AvgIpc) is 2.01. The number of rotatable bonds is 0. The quantitative estimate of drug-likeness (QED) is 0.657. The first kappa shape index (κ1) is 9.25. The average molecular weight is 188 g/mol. The van der Waals surface area contributed by atoms with Gasteiger partial charge in [-0.05, 0) is 0 Å². The molecule has 0 aliphatic heterocycles. The van der Waals surface area contributed by atoms with Crippen LogP contribution in [0.4, 0.5) is 19.0 Å². The minimum Gasteiger partial charge on any atom is -0.384 e. The van der Waals surface area contributed by atoms with Gasteiger partial charge in [-0.1, -0.05) is 0 Å². The van der Waals surface area contributed by atoms with Gasteiger partial charge in [0.25, 0.3) is 0 Å². The van der Waals surface area contributed by atoms with Gasteiger partial charge < -0.3 is 5.73 Å². The van der Waals surface area contributed by atoms with E-state index in [2.05, 4.69) is 9.97 Å². The van der Waals surface area contributed by atoms with Gasteiger partial charge in [-0.15, -0.1) is 0 Å². The van der Waals surface area contributed by atoms with Crippen molar-refractivity contribution in [3.05, 3.63) is 17.6 Å². The molecule has 68 valence electrons. The third kappa shape index (κ3) is 2.05. The fourth-order valence-electron chi connectivity index (χ4n) is 0.650. The van der Waals surface area contributed by atoms with E-state index in [-0.39, 0.29) is 5.82 Å². The molecule has 2 N–H and O–H groups in total. The zero-order valence-corrected chi connectivity index (χ0v) is 6.13. The predicted octanol–water partition coefficient (Wildman–Crippen LogP) is 0.949. The maximum atomic E-state index is 12.0. The lowest BCUT2D eigenvalue weighted by Crippen LogP contribution is -2.13. The highest BCUT2D eigenvalue weighted by Gasteiger charge is 2.35. The Balaban J connectivity index is 3.26. The zero-order valence-electron chi connectivity index (χ0n) is 6.13. The van der Waals surface area contributed by atoms with Gasteiger partial charge in [0.1, 0.15) is 17.6 Å². The highest BCUT2D eigenvalue weighted by Crippen LogP contribution is 2.26. The number of hydrogen-bond acceptors (Lipinski definition) is 4. The monoisotopic (exact) mass is 188 g/mol. The highest BCUT2D eigenvalue weighted by molar-refractivity contribution is 5.35. The Kier molecular flexibility index (Phi) is 2.06. The van der Waals surface area contributed by atoms with Crippen molar-refractivity contribution < 1.29 is 13.2 Å². The van der Waals surface area contributed by atoms with Crippen LogP contribution >= 0.6 is 0 Å². The number of aromatic nitrogens is 2. The van der Waals surface area contributed by atoms with E-state index in [9.17, 15) is 13.2 Å². The van der Waals surface area contributed by atoms with Crippen molar-refractivity contribution in [2.45, 2.75) is 6.18 Å². The van der Waals surface area contributed by atoms with Gasteiger partial charge in [-0.2, -0.15) is 18.4 Å². The number of halogens is 3. The maximum Gasteiger partial charge on any atom is 0.451 e. The second kappa shape index (κ2) is 2.90. The summed E-state index contributed by atoms with van der Waals surface area (Å²) in [6, 6.07) is 2.42. The number of nitrogens with zero attached hydrogens (tertiary/aromatic N) is 3. The Hall–Kier alpha value is -1.84. The van der Waals surface area contributed by atoms with E-state index in [1.807, 2.05) is 0 Å². The summed E-state index contributed by atoms with van der Waals surface area (Å²) >= 11 is 0. The van der Waals surface area contributed by atoms with Crippen LogP contribution < -0.4 is 5.73 Å². The van der Waals surface area contributed by atoms with Crippen molar-refractivity contribution in [3.8, 4) is 6.07 Å². The number of alkyl halides is 3. The van der Waals surface area contributed by atoms with Gasteiger partial charge in [-0.25, -0.2) is 9.97 Å². The minimum atomic E-state index is -4.68. The van der Waals surface area contributed by atoms with Crippen LogP contribution in [0, 0.1) is 11.3 Å². The molecule has 0 aliphatic carbocycles. The van der Waals surface area contributed by atoms with Gasteiger partial charge >= 0.3 is 6.18 Å². The van der Waals surface area contributed by atoms with Crippen LogP contribution in [-0.2, 0) is 6.18 Å². The first-order chi connectivity index (χ1) is 5.93. The van der Waals surface area contributed by atoms with E-state index >= 15 is 0 Å². The molecule has 0 unspecified atom stereocenters. The van der Waals surface area contributed by atoms with E-state index in [0.717, 1.165) is 6.07 Å². The zero-order chi connectivity index (χ0) is 10.1. The van der Waals surface area contributed by atoms with E-state index < -0.39 is 17.7 Å². The van der Waals surface area contributed by atoms with Crippen LogP contribution in [-0.4, -0.2) is 9.97 Å². The van der Waals surface area contributed by atoms with Crippen LogP contribution in [0.25, 0.3) is 0 Å². The summed E-state index contributed by atoms with van der Waals surface area (Å²) in [4.78, 5) is 5.89. The van der Waals surface area contributed by atoms with E-state index in [1.54, 1.807) is 0 Å². The Labute approximate surface area is 70.8 Å². The Morgan fingerprint density at radius 1 is 1.38 bits per heavy atom. The first-order valence-corrected chi connectivity index (χ1v) is 3.05. The lowest BCUT2D eigenvalue weighted by Gasteiger charge is -2.04. The topological polar surface area (TPSA) is 75.6 Å². The summed E-state index contributed by atoms with van der Waals surface area (Å²) in [5.74, 6) is -1.78. The normalized spacial score (nSPS) is 10.9. The van der Waals surface area contributed by atoms with Crippen molar-refractivity contribution in [2.24, 2.45) is 0 Å². The molecule has 0 aromatic carbocycles. The molecule has 1 heterocycles. The molecule has 0 saturated heterocycles. The van der Waals surface area contributed by atoms with Gasteiger partial charge in [0.05, 0.1) is 0 Å². The van der Waals surface area contributed by atoms with Crippen molar-refractivity contribution in [2.75, 3.05) is 5.73 Å². The summed E-state index contributed by atoms with van der Waals surface area (Å²) in [7, 11) is 0. The molecular weight excluding hydrogens is 185 g/mol. The van der Waals surface area contributed by atoms with E-state index in [4.69, 9.17) is 11.0 Å². The second-order valence-electron chi connectivity index (χ2n) is 2.11. The molecule has 7 heteroatoms. The number of nitriles is 1. The van der Waals surface area contributed by atoms with Crippen LogP contribution in [0.1, 0.15) is 11.5 Å². The number of anilines is 1. The Bertz CT molecular complexity index is 365. The molecule has 1 rings (SSSR count). The van der Waals surface area contributed by atoms with Gasteiger partial charge in [-0.3, -0.25) is 0 Å². The van der Waals surface area contributed by atoms with E-state index in [1.165, 1.54) is 6.07 Å². The molecule has 0 aliphatic rings. The van der Waals surface area contributed by atoms with Crippen LogP contribution in [0.3, 0.4) is 0 Å². The summed E-state index contributed by atoms with van der Waals surface area (Å²) in [6.07, 6.45) is -4.68. The van der Waals surface area contributed by atoms with Crippen molar-refractivity contribution >= 4 is 5.82 Å². The summed E-state index contributed by atoms with van der Waals surface area (Å²) in [5, 5.41) is 8.29. The fourth-order valence-corrected chi connectivity index (χ4v) is 0.650. The summed E-state index contributed by atoms with van der Waals surface area (Å²) < 4.78 is 36.0. The molecule has 1 aromatic rings. The smallest absolute Gasteiger partial charge is 0.384 e. The summed E-state index contributed by atoms with van der Waals surface area (Å²) in [6.45, 7) is 0. The molecule has 0 radical (unpaired) electrons. The third-order valence-electron chi connectivity index (χ3n) is 1.11. The van der Waals surface area contributed by atoms with Crippen molar-refractivity contribution in [3.63, 3.8) is 0 Å². The van der Waals surface area contributed by atoms with Crippen molar-refractivity contribution in [1.82, 2.24) is 9.97 Å². The molecule has 13 heavy (non-hydrogen) atoms. The van der Waals surface area contributed by atoms with Crippen LogP contribution in [0.15, 0.2) is 6.07 Å². The first-order valence-electron chi connectivity index (χ1n) is 3.05. The molecule has 0 atom stereocenters. The van der Waals surface area contributed by atoms with Gasteiger partial charge in [0.15, 0.2) is 0 Å². The maximum absolute atomic E-state index is 12.0. The molecule has 0 spiro atoms. The second-order valence-corrected chi connectivity index (χ2v) is 2.11. The molecule has 0 saturated carbocycles. The lowest BCUT2D eigenvalue weighted by atomic mass is 10.4. The Morgan fingerprint density at radius 2 is 2.00 bits per heavy atom. The largest absolute Gasteiger partial charge is 0.451 e. The van der Waals surface area contributed by atoms with E-state index in [0.29, 0.717) is 0 Å². The Morgan fingerprint density at radius 3 is 2.46 bits per heavy atom. The van der Waals surface area contributed by atoms with Gasteiger partial charge in [0.2, 0.25) is 5.82 Å². The van der Waals surface area contributed by atoms with Crippen LogP contribution in [0.2, 0.25) is 0 Å². The molecule has 1 aromatic heterocycles. The van der Waals surface area contributed by atoms with Crippen LogP contribution in [0.5, 0.6) is 0 Å². The SMILES string of the molecule is N#Cc1cc(N)nc(C(F)(F)F)n1. The highest BCUT2D eigenvalue weighted by atomic mass is 19.4. The van der Waals surface area contributed by atoms with Crippen molar-refractivity contribution in [1.29, 1.82) is 5.26 Å². The lowest BCUT2D eigenvalue weighted by molar-refractivity contribution is -0.144. The molecule has 0 bridgehead atoms. The fraction of sp³-hybridized carbons (Fsp3) is 0.167. The third-order valence-corrected chi connectivity index (χ3v) is 1.11. The number of hydrogen-bond donors (Lipinski definition) is 1. The number of nitrogen functional groups attached to an aromatic ring is 1. The summed E-state index contributed by atoms with van der Waals surface area (Å²) in [5.41, 5.74) is 4.63.